The summed E-state index contributed by atoms with van der Waals surface area (Å²) in [5.74, 6) is 0.823. The van der Waals surface area contributed by atoms with E-state index in [1.165, 1.54) is 0 Å². The van der Waals surface area contributed by atoms with Gasteiger partial charge >= 0.3 is 0 Å². The molecule has 0 fully saturated rings. The van der Waals surface area contributed by atoms with Gasteiger partial charge in [-0.05, 0) is 38.0 Å². The Kier molecular flexibility index (Phi) is 5.98. The Morgan fingerprint density at radius 1 is 1.39 bits per heavy atom. The van der Waals surface area contributed by atoms with Crippen LogP contribution < -0.4 is 10.1 Å². The maximum absolute atomic E-state index is 11.7. The lowest BCUT2D eigenvalue weighted by molar-refractivity contribution is -0.117. The molecule has 0 aromatic heterocycles. The first-order chi connectivity index (χ1) is 8.67. The quantitative estimate of drug-likeness (QED) is 0.785. The van der Waals surface area contributed by atoms with Crippen molar-refractivity contribution in [3.63, 3.8) is 0 Å². The van der Waals surface area contributed by atoms with Crippen molar-refractivity contribution in [1.29, 1.82) is 0 Å². The molecule has 1 rings (SSSR count). The van der Waals surface area contributed by atoms with Gasteiger partial charge in [0.05, 0.1) is 6.61 Å². The van der Waals surface area contributed by atoms with Crippen molar-refractivity contribution in [3.05, 3.63) is 41.5 Å². The first-order valence-corrected chi connectivity index (χ1v) is 6.34. The lowest BCUT2D eigenvalue weighted by Crippen LogP contribution is -2.23. The minimum atomic E-state index is -0.0151. The van der Waals surface area contributed by atoms with Crippen molar-refractivity contribution < 1.29 is 9.53 Å². The van der Waals surface area contributed by atoms with Crippen molar-refractivity contribution >= 4 is 5.91 Å². The van der Waals surface area contributed by atoms with Crippen LogP contribution in [0.1, 0.15) is 32.8 Å². The number of amides is 1. The maximum Gasteiger partial charge on any atom is 0.246 e. The van der Waals surface area contributed by atoms with E-state index in [-0.39, 0.29) is 5.91 Å². The SMILES string of the molecule is CC/C=C(\C)C(=O)NCc1cccc(OCC)c1. The topological polar surface area (TPSA) is 38.3 Å². The highest BCUT2D eigenvalue weighted by molar-refractivity contribution is 5.92. The molecule has 3 nitrogen and oxygen atoms in total. The molecule has 0 aliphatic rings. The second-order valence-corrected chi connectivity index (χ2v) is 4.06. The fourth-order valence-electron chi connectivity index (χ4n) is 1.63. The zero-order valence-electron chi connectivity index (χ0n) is 11.3. The van der Waals surface area contributed by atoms with Crippen LogP contribution in [0.5, 0.6) is 5.75 Å². The minimum Gasteiger partial charge on any atom is -0.494 e. The summed E-state index contributed by atoms with van der Waals surface area (Å²) in [6.07, 6.45) is 2.80. The van der Waals surface area contributed by atoms with Crippen LogP contribution in [0.4, 0.5) is 0 Å². The molecule has 0 heterocycles. The van der Waals surface area contributed by atoms with Gasteiger partial charge in [-0.2, -0.15) is 0 Å². The fraction of sp³-hybridized carbons (Fsp3) is 0.400. The van der Waals surface area contributed by atoms with E-state index in [4.69, 9.17) is 4.74 Å². The van der Waals surface area contributed by atoms with E-state index in [0.717, 1.165) is 23.3 Å². The number of allylic oxidation sites excluding steroid dienone is 1. The van der Waals surface area contributed by atoms with Gasteiger partial charge in [0.1, 0.15) is 5.75 Å². The zero-order valence-corrected chi connectivity index (χ0v) is 11.3. The highest BCUT2D eigenvalue weighted by atomic mass is 16.5. The van der Waals surface area contributed by atoms with Gasteiger partial charge in [-0.25, -0.2) is 0 Å². The number of hydrogen-bond donors (Lipinski definition) is 1. The molecule has 0 unspecified atom stereocenters. The number of rotatable bonds is 6. The third kappa shape index (κ3) is 4.62. The highest BCUT2D eigenvalue weighted by Crippen LogP contribution is 2.13. The van der Waals surface area contributed by atoms with Gasteiger partial charge in [-0.3, -0.25) is 4.79 Å². The predicted octanol–water partition coefficient (Wildman–Crippen LogP) is 3.06. The van der Waals surface area contributed by atoms with E-state index < -0.39 is 0 Å². The number of carbonyl (C=O) groups is 1. The molecule has 0 spiro atoms. The molecule has 1 N–H and O–H groups in total. The van der Waals surface area contributed by atoms with Crippen LogP contribution in [0, 0.1) is 0 Å². The van der Waals surface area contributed by atoms with Gasteiger partial charge in [0.2, 0.25) is 5.91 Å². The first-order valence-electron chi connectivity index (χ1n) is 6.34. The highest BCUT2D eigenvalue weighted by Gasteiger charge is 2.03. The van der Waals surface area contributed by atoms with Crippen molar-refractivity contribution in [2.75, 3.05) is 6.61 Å². The summed E-state index contributed by atoms with van der Waals surface area (Å²) in [5, 5.41) is 2.89. The van der Waals surface area contributed by atoms with Gasteiger partial charge < -0.3 is 10.1 Å². The standard InChI is InChI=1S/C15H21NO2/c1-4-7-12(3)15(17)16-11-13-8-6-9-14(10-13)18-5-2/h6-10H,4-5,11H2,1-3H3,(H,16,17)/b12-7+. The monoisotopic (exact) mass is 247 g/mol. The summed E-state index contributed by atoms with van der Waals surface area (Å²) in [4.78, 5) is 11.7. The molecule has 0 aliphatic heterocycles. The molecular weight excluding hydrogens is 226 g/mol. The Bertz CT molecular complexity index is 424. The molecule has 98 valence electrons. The molecule has 1 aromatic rings. The molecule has 0 aliphatic carbocycles. The summed E-state index contributed by atoms with van der Waals surface area (Å²) in [6, 6.07) is 7.77. The molecule has 0 saturated carbocycles. The molecule has 1 amide bonds. The number of carbonyl (C=O) groups excluding carboxylic acids is 1. The average Bonchev–Trinajstić information content (AvgIpc) is 2.37. The van der Waals surface area contributed by atoms with Crippen LogP contribution in [-0.4, -0.2) is 12.5 Å². The Hall–Kier alpha value is -1.77. The molecule has 3 heteroatoms. The summed E-state index contributed by atoms with van der Waals surface area (Å²) < 4.78 is 5.42. The lowest BCUT2D eigenvalue weighted by Gasteiger charge is -2.08. The summed E-state index contributed by atoms with van der Waals surface area (Å²) in [5.41, 5.74) is 1.80. The third-order valence-corrected chi connectivity index (χ3v) is 2.53. The van der Waals surface area contributed by atoms with Gasteiger partial charge in [0, 0.05) is 12.1 Å². The second-order valence-electron chi connectivity index (χ2n) is 4.06. The molecule has 0 bridgehead atoms. The van der Waals surface area contributed by atoms with Crippen LogP contribution >= 0.6 is 0 Å². The van der Waals surface area contributed by atoms with E-state index in [1.54, 1.807) is 0 Å². The van der Waals surface area contributed by atoms with Crippen LogP contribution in [0.25, 0.3) is 0 Å². The Morgan fingerprint density at radius 3 is 2.83 bits per heavy atom. The van der Waals surface area contributed by atoms with Crippen LogP contribution in [0.15, 0.2) is 35.9 Å². The predicted molar refractivity (Wildman–Crippen MR) is 73.5 cm³/mol. The smallest absolute Gasteiger partial charge is 0.246 e. The summed E-state index contributed by atoms with van der Waals surface area (Å²) in [6.45, 7) is 6.97. The molecule has 18 heavy (non-hydrogen) atoms. The normalized spacial score (nSPS) is 11.2. The van der Waals surface area contributed by atoms with Crippen molar-refractivity contribution in [3.8, 4) is 5.75 Å². The number of hydrogen-bond acceptors (Lipinski definition) is 2. The van der Waals surface area contributed by atoms with E-state index in [9.17, 15) is 4.79 Å². The molecule has 0 radical (unpaired) electrons. The van der Waals surface area contributed by atoms with Crippen LogP contribution in [0.2, 0.25) is 0 Å². The minimum absolute atomic E-state index is 0.0151. The van der Waals surface area contributed by atoms with Crippen molar-refractivity contribution in [2.24, 2.45) is 0 Å². The lowest BCUT2D eigenvalue weighted by atomic mass is 10.2. The third-order valence-electron chi connectivity index (χ3n) is 2.53. The van der Waals surface area contributed by atoms with Gasteiger partial charge in [-0.1, -0.05) is 25.1 Å². The molecule has 0 atom stereocenters. The number of ether oxygens (including phenoxy) is 1. The van der Waals surface area contributed by atoms with Gasteiger partial charge in [0.25, 0.3) is 0 Å². The average molecular weight is 247 g/mol. The molecule has 1 aromatic carbocycles. The Balaban J connectivity index is 2.55. The van der Waals surface area contributed by atoms with Gasteiger partial charge in [0.15, 0.2) is 0 Å². The molecular formula is C15H21NO2. The number of benzene rings is 1. The largest absolute Gasteiger partial charge is 0.494 e. The van der Waals surface area contributed by atoms with Crippen molar-refractivity contribution in [1.82, 2.24) is 5.32 Å². The zero-order chi connectivity index (χ0) is 13.4. The van der Waals surface area contributed by atoms with Crippen LogP contribution in [-0.2, 0) is 11.3 Å². The van der Waals surface area contributed by atoms with Crippen molar-refractivity contribution in [2.45, 2.75) is 33.7 Å². The van der Waals surface area contributed by atoms with Crippen LogP contribution in [0.3, 0.4) is 0 Å². The number of nitrogens with one attached hydrogen (secondary N) is 1. The Morgan fingerprint density at radius 2 is 2.17 bits per heavy atom. The van der Waals surface area contributed by atoms with Gasteiger partial charge in [-0.15, -0.1) is 0 Å². The summed E-state index contributed by atoms with van der Waals surface area (Å²) >= 11 is 0. The van der Waals surface area contributed by atoms with E-state index in [0.29, 0.717) is 13.2 Å². The van der Waals surface area contributed by atoms with E-state index >= 15 is 0 Å². The molecule has 0 saturated heterocycles. The van der Waals surface area contributed by atoms with E-state index in [1.807, 2.05) is 51.1 Å². The Labute approximate surface area is 109 Å². The fourth-order valence-corrected chi connectivity index (χ4v) is 1.63. The summed E-state index contributed by atoms with van der Waals surface area (Å²) in [7, 11) is 0. The van der Waals surface area contributed by atoms with E-state index in [2.05, 4.69) is 5.32 Å². The first kappa shape index (κ1) is 14.3. The second kappa shape index (κ2) is 7.54. The maximum atomic E-state index is 11.7.